The van der Waals surface area contributed by atoms with Gasteiger partial charge in [0.25, 0.3) is 0 Å². The molecule has 0 radical (unpaired) electrons. The van der Waals surface area contributed by atoms with Gasteiger partial charge >= 0.3 is 0 Å². The van der Waals surface area contributed by atoms with Gasteiger partial charge in [-0.15, -0.1) is 22.7 Å². The quantitative estimate of drug-likeness (QED) is 0.0401. The molecular weight excluding hydrogens is 825 g/mol. The van der Waals surface area contributed by atoms with Crippen LogP contribution in [0.1, 0.15) is 174 Å². The molecule has 0 saturated carbocycles. The first-order valence-electron chi connectivity index (χ1n) is 24.2. The lowest BCUT2D eigenvalue weighted by atomic mass is 9.97. The van der Waals surface area contributed by atoms with Gasteiger partial charge in [-0.2, -0.15) is 8.75 Å². The lowest BCUT2D eigenvalue weighted by Gasteiger charge is -2.14. The van der Waals surface area contributed by atoms with Gasteiger partial charge in [-0.05, 0) is 71.9 Å². The summed E-state index contributed by atoms with van der Waals surface area (Å²) in [5, 5.41) is 4.17. The summed E-state index contributed by atoms with van der Waals surface area (Å²) in [6.07, 6.45) is 33.5. The van der Waals surface area contributed by atoms with Crippen molar-refractivity contribution in [1.29, 1.82) is 0 Å². The Kier molecular flexibility index (Phi) is 19.0. The third kappa shape index (κ3) is 13.8. The Balaban J connectivity index is 1.17. The van der Waals surface area contributed by atoms with Gasteiger partial charge in [0, 0.05) is 21.6 Å². The van der Waals surface area contributed by atoms with E-state index in [1.165, 1.54) is 156 Å². The highest BCUT2D eigenvalue weighted by atomic mass is 32.1. The van der Waals surface area contributed by atoms with Gasteiger partial charge < -0.3 is 0 Å². The van der Waals surface area contributed by atoms with E-state index < -0.39 is 0 Å². The Hall–Kier alpha value is -4.48. The molecule has 0 N–H and O–H groups in total. The molecule has 4 aromatic heterocycles. The Labute approximate surface area is 390 Å². The van der Waals surface area contributed by atoms with Crippen molar-refractivity contribution in [2.45, 2.75) is 155 Å². The summed E-state index contributed by atoms with van der Waals surface area (Å²) >= 11 is 4.57. The third-order valence-corrected chi connectivity index (χ3v) is 14.4. The number of unbranched alkanes of at least 4 members (excludes halogenated alkanes) is 18. The average molecular weight is 891 g/mol. The third-order valence-electron chi connectivity index (χ3n) is 12.3. The minimum Gasteiger partial charge on any atom is -0.243 e. The summed E-state index contributed by atoms with van der Waals surface area (Å²) in [7, 11) is 0. The van der Waals surface area contributed by atoms with Crippen LogP contribution in [-0.4, -0.2) is 18.7 Å². The predicted octanol–water partition coefficient (Wildman–Crippen LogP) is 17.6. The zero-order valence-electron chi connectivity index (χ0n) is 37.8. The summed E-state index contributed by atoms with van der Waals surface area (Å²) in [5.41, 5.74) is 11.5. The van der Waals surface area contributed by atoms with Gasteiger partial charge in [-0.25, -0.2) is 9.97 Å². The van der Waals surface area contributed by atoms with Crippen LogP contribution in [0, 0.1) is 11.8 Å². The lowest BCUT2D eigenvalue weighted by Crippen LogP contribution is -2.01. The summed E-state index contributed by atoms with van der Waals surface area (Å²) in [6.45, 7) is 4.58. The standard InChI is InChI=1S/C56H66N4S3/c1-3-5-7-9-11-13-15-17-19-21-25-43-29-33-45(34-30-43)51-52(46-35-31-44(32-36-46)26-22-20-18-16-14-12-10-8-6-4-2)58-54-50(40-38-48-28-24-42-62-48)56-55(59-63-60-56)49(53(54)57-51)39-37-47-27-23-41-61-47/h23-24,27-37,39,41-42H,3-22,25-26H2,1-2H3/b39-37+. The number of hydrogen-bond donors (Lipinski definition) is 0. The number of hydrogen-bond acceptors (Lipinski definition) is 7. The highest BCUT2D eigenvalue weighted by Gasteiger charge is 2.22. The molecule has 4 nitrogen and oxygen atoms in total. The first-order chi connectivity index (χ1) is 31.2. The topological polar surface area (TPSA) is 51.6 Å². The van der Waals surface area contributed by atoms with Gasteiger partial charge in [0.1, 0.15) is 22.1 Å². The smallest absolute Gasteiger partial charge is 0.123 e. The fraction of sp³-hybridized carbons (Fsp3) is 0.429. The van der Waals surface area contributed by atoms with E-state index in [0.29, 0.717) is 0 Å². The monoisotopic (exact) mass is 890 g/mol. The normalized spacial score (nSPS) is 11.6. The highest BCUT2D eigenvalue weighted by molar-refractivity contribution is 7.11. The average Bonchev–Trinajstić information content (AvgIpc) is 4.14. The maximum Gasteiger partial charge on any atom is 0.123 e. The van der Waals surface area contributed by atoms with Crippen molar-refractivity contribution in [1.82, 2.24) is 18.7 Å². The molecule has 0 aliphatic rings. The van der Waals surface area contributed by atoms with Crippen LogP contribution in [0.5, 0.6) is 0 Å². The first-order valence-corrected chi connectivity index (χ1v) is 26.7. The van der Waals surface area contributed by atoms with Crippen molar-refractivity contribution in [3.63, 3.8) is 0 Å². The van der Waals surface area contributed by atoms with E-state index in [9.17, 15) is 0 Å². The summed E-state index contributed by atoms with van der Waals surface area (Å²) in [4.78, 5) is 13.4. The fourth-order valence-corrected chi connectivity index (χ4v) is 10.3. The zero-order chi connectivity index (χ0) is 43.3. The Morgan fingerprint density at radius 3 is 1.46 bits per heavy atom. The molecule has 328 valence electrons. The largest absolute Gasteiger partial charge is 0.243 e. The number of benzene rings is 3. The molecule has 0 spiro atoms. The molecule has 0 atom stereocenters. The van der Waals surface area contributed by atoms with Crippen molar-refractivity contribution >= 4 is 68.6 Å². The van der Waals surface area contributed by atoms with Crippen molar-refractivity contribution in [3.05, 3.63) is 116 Å². The molecule has 7 aromatic rings. The lowest BCUT2D eigenvalue weighted by molar-refractivity contribution is 0.556. The Morgan fingerprint density at radius 2 is 0.952 bits per heavy atom. The van der Waals surface area contributed by atoms with E-state index in [0.717, 1.165) is 73.4 Å². The molecule has 0 amide bonds. The number of thiophene rings is 2. The second kappa shape index (κ2) is 25.7. The van der Waals surface area contributed by atoms with Gasteiger partial charge in [-0.3, -0.25) is 0 Å². The van der Waals surface area contributed by atoms with Crippen LogP contribution in [0.2, 0.25) is 0 Å². The molecule has 0 saturated heterocycles. The molecule has 4 heterocycles. The Bertz CT molecular complexity index is 2480. The summed E-state index contributed by atoms with van der Waals surface area (Å²) in [6, 6.07) is 26.5. The number of nitrogens with zero attached hydrogens (tertiary/aromatic N) is 4. The maximum atomic E-state index is 5.60. The number of rotatable bonds is 26. The Morgan fingerprint density at radius 1 is 0.460 bits per heavy atom. The minimum absolute atomic E-state index is 0.760. The van der Waals surface area contributed by atoms with Crippen molar-refractivity contribution in [2.75, 3.05) is 0 Å². The van der Waals surface area contributed by atoms with Crippen LogP contribution in [0.3, 0.4) is 0 Å². The second-order valence-electron chi connectivity index (χ2n) is 17.2. The number of fused-ring (bicyclic) bond motifs is 2. The van der Waals surface area contributed by atoms with Crippen molar-refractivity contribution < 1.29 is 0 Å². The molecule has 0 aliphatic heterocycles. The molecule has 0 bridgehead atoms. The van der Waals surface area contributed by atoms with Crippen LogP contribution in [0.25, 0.3) is 56.7 Å². The van der Waals surface area contributed by atoms with Gasteiger partial charge in [-0.1, -0.05) is 202 Å². The van der Waals surface area contributed by atoms with Gasteiger partial charge in [0.15, 0.2) is 0 Å². The van der Waals surface area contributed by atoms with E-state index in [1.807, 2.05) is 6.07 Å². The molecule has 7 heteroatoms. The van der Waals surface area contributed by atoms with Crippen LogP contribution < -0.4 is 0 Å². The van der Waals surface area contributed by atoms with E-state index in [4.69, 9.17) is 18.7 Å². The van der Waals surface area contributed by atoms with Gasteiger partial charge in [0.05, 0.1) is 33.6 Å². The summed E-state index contributed by atoms with van der Waals surface area (Å²) < 4.78 is 9.69. The maximum absolute atomic E-state index is 5.60. The zero-order valence-corrected chi connectivity index (χ0v) is 40.3. The van der Waals surface area contributed by atoms with Crippen LogP contribution >= 0.6 is 34.4 Å². The molecular formula is C56H66N4S3. The molecule has 0 fully saturated rings. The number of aromatic nitrogens is 4. The predicted molar refractivity (Wildman–Crippen MR) is 276 cm³/mol. The van der Waals surface area contributed by atoms with Crippen LogP contribution in [0.4, 0.5) is 0 Å². The van der Waals surface area contributed by atoms with Crippen molar-refractivity contribution in [2.24, 2.45) is 0 Å². The van der Waals surface area contributed by atoms with E-state index in [2.05, 4.69) is 115 Å². The molecule has 63 heavy (non-hydrogen) atoms. The highest BCUT2D eigenvalue weighted by Crippen LogP contribution is 2.37. The number of aryl methyl sites for hydroxylation is 2. The van der Waals surface area contributed by atoms with Gasteiger partial charge in [0.2, 0.25) is 0 Å². The molecule has 0 aliphatic carbocycles. The first kappa shape index (κ1) is 46.5. The molecule has 7 rings (SSSR count). The fourth-order valence-electron chi connectivity index (χ4n) is 8.55. The summed E-state index contributed by atoms with van der Waals surface area (Å²) in [5.74, 6) is 6.92. The van der Waals surface area contributed by atoms with Crippen molar-refractivity contribution in [3.8, 4) is 34.4 Å². The van der Waals surface area contributed by atoms with E-state index >= 15 is 0 Å². The second-order valence-corrected chi connectivity index (χ2v) is 19.7. The van der Waals surface area contributed by atoms with Crippen LogP contribution in [-0.2, 0) is 12.8 Å². The minimum atomic E-state index is 0.760. The molecule has 3 aromatic carbocycles. The van der Waals surface area contributed by atoms with E-state index in [1.54, 1.807) is 22.7 Å². The molecule has 0 unspecified atom stereocenters. The SMILES string of the molecule is CCCCCCCCCCCCc1ccc(-c2nc3c(C#Cc4cccs4)c4nsnc4c(/C=C/c4cccs4)c3nc2-c2ccc(CCCCCCCCCCCC)cc2)cc1. The van der Waals surface area contributed by atoms with Crippen LogP contribution in [0.15, 0.2) is 83.6 Å². The van der Waals surface area contributed by atoms with E-state index in [-0.39, 0.29) is 0 Å².